The smallest absolute Gasteiger partial charge is 0.393 e. The number of aromatic nitrogens is 2. The number of aryl methyl sites for hydroxylation is 1. The lowest BCUT2D eigenvalue weighted by molar-refractivity contribution is -0.112. The highest BCUT2D eigenvalue weighted by Crippen LogP contribution is 2.41. The highest BCUT2D eigenvalue weighted by Gasteiger charge is 2.50. The van der Waals surface area contributed by atoms with Gasteiger partial charge >= 0.3 is 13.9 Å². The summed E-state index contributed by atoms with van der Waals surface area (Å²) in [5.41, 5.74) is -2.06. The van der Waals surface area contributed by atoms with E-state index in [0.29, 0.717) is 5.56 Å². The van der Waals surface area contributed by atoms with Crippen LogP contribution in [0.4, 0.5) is 0 Å². The first-order valence-electron chi connectivity index (χ1n) is 6.20. The van der Waals surface area contributed by atoms with E-state index in [1.165, 1.54) is 24.6 Å². The molecule has 0 saturated carbocycles. The second-order valence-electron chi connectivity index (χ2n) is 5.09. The normalized spacial score (nSPS) is 29.6. The summed E-state index contributed by atoms with van der Waals surface area (Å²) in [6.07, 6.45) is -0.250. The van der Waals surface area contributed by atoms with Gasteiger partial charge in [0.15, 0.2) is 6.10 Å². The van der Waals surface area contributed by atoms with E-state index in [1.807, 2.05) is 0 Å². The second-order valence-corrected chi connectivity index (χ2v) is 5.78. The molecule has 0 radical (unpaired) electrons. The molecule has 116 valence electrons. The van der Waals surface area contributed by atoms with Crippen LogP contribution in [0.25, 0.3) is 0 Å². The molecule has 1 aromatic heterocycles. The van der Waals surface area contributed by atoms with Crippen LogP contribution in [0.5, 0.6) is 0 Å². The van der Waals surface area contributed by atoms with Crippen molar-refractivity contribution in [2.24, 2.45) is 0 Å². The molecule has 3 N–H and O–H groups in total. The maximum atomic E-state index is 11.8. The number of nitrogens with zero attached hydrogens (tertiary/aromatic N) is 1. The van der Waals surface area contributed by atoms with Crippen LogP contribution in [-0.2, 0) is 13.8 Å². The maximum absolute atomic E-state index is 11.8. The third-order valence-corrected chi connectivity index (χ3v) is 3.92. The summed E-state index contributed by atoms with van der Waals surface area (Å²) in [5.74, 6) is 0. The van der Waals surface area contributed by atoms with Crippen LogP contribution in [0.2, 0.25) is 0 Å². The third-order valence-electron chi connectivity index (χ3n) is 3.49. The summed E-state index contributed by atoms with van der Waals surface area (Å²) in [7, 11) is -2.87. The molecule has 1 aliphatic rings. The van der Waals surface area contributed by atoms with E-state index in [2.05, 4.69) is 4.98 Å². The van der Waals surface area contributed by atoms with Crippen LogP contribution in [0.15, 0.2) is 15.8 Å². The van der Waals surface area contributed by atoms with Crippen LogP contribution in [0, 0.1) is 6.92 Å². The Labute approximate surface area is 120 Å². The number of hydrogen-bond acceptors (Lipinski definition) is 6. The molecule has 0 aromatic carbocycles. The first kappa shape index (κ1) is 16.0. The molecule has 0 aliphatic carbocycles. The zero-order chi connectivity index (χ0) is 15.8. The molecular weight excluding hydrogens is 303 g/mol. The van der Waals surface area contributed by atoms with Crippen LogP contribution in [-0.4, -0.2) is 37.9 Å². The molecule has 1 aliphatic heterocycles. The summed E-state index contributed by atoms with van der Waals surface area (Å²) in [4.78, 5) is 34.2. The van der Waals surface area contributed by atoms with Crippen molar-refractivity contribution < 1.29 is 23.8 Å². The highest BCUT2D eigenvalue weighted by molar-refractivity contribution is 7.32. The predicted octanol–water partition coefficient (Wildman–Crippen LogP) is -0.450. The Balaban J connectivity index is 2.35. The van der Waals surface area contributed by atoms with E-state index < -0.39 is 44.0 Å². The number of nitrogens with one attached hydrogen (secondary N) is 1. The molecule has 0 bridgehead atoms. The van der Waals surface area contributed by atoms with E-state index >= 15 is 0 Å². The van der Waals surface area contributed by atoms with Gasteiger partial charge in [-0.3, -0.25) is 14.3 Å². The molecular formula is C11H16N2O7P+. The second kappa shape index (κ2) is 5.78. The number of aliphatic hydroxyl groups is 1. The van der Waals surface area contributed by atoms with Crippen molar-refractivity contribution in [3.05, 3.63) is 32.6 Å². The monoisotopic (exact) mass is 319 g/mol. The van der Waals surface area contributed by atoms with Crippen molar-refractivity contribution in [2.45, 2.75) is 38.2 Å². The molecule has 4 atom stereocenters. The lowest BCUT2D eigenvalue weighted by Gasteiger charge is -2.24. The fourth-order valence-corrected chi connectivity index (χ4v) is 2.77. The van der Waals surface area contributed by atoms with Gasteiger partial charge in [-0.2, -0.15) is 0 Å². The highest BCUT2D eigenvalue weighted by atomic mass is 31.1. The van der Waals surface area contributed by atoms with Crippen LogP contribution < -0.4 is 11.2 Å². The average molecular weight is 319 g/mol. The van der Waals surface area contributed by atoms with Crippen molar-refractivity contribution in [1.82, 2.24) is 9.55 Å². The quantitative estimate of drug-likeness (QED) is 0.641. The zero-order valence-electron chi connectivity index (χ0n) is 11.5. The van der Waals surface area contributed by atoms with Crippen molar-refractivity contribution in [1.29, 1.82) is 0 Å². The molecule has 1 aromatic rings. The Kier molecular flexibility index (Phi) is 4.40. The summed E-state index contributed by atoms with van der Waals surface area (Å²) in [6, 6.07) is 0. The Morgan fingerprint density at radius 2 is 2.29 bits per heavy atom. The van der Waals surface area contributed by atoms with E-state index in [-0.39, 0.29) is 6.42 Å². The first-order valence-corrected chi connectivity index (χ1v) is 7.33. The SMILES string of the molecule is Cc1cn([C@H]2CC(O[P+](=O)O)[C@@](C)(CO)O2)c(=O)[nH]c1=O. The predicted molar refractivity (Wildman–Crippen MR) is 71.0 cm³/mol. The topological polar surface area (TPSA) is 131 Å². The zero-order valence-corrected chi connectivity index (χ0v) is 12.4. The lowest BCUT2D eigenvalue weighted by Crippen LogP contribution is -2.40. The minimum Gasteiger partial charge on any atom is -0.393 e. The van der Waals surface area contributed by atoms with E-state index in [9.17, 15) is 19.3 Å². The van der Waals surface area contributed by atoms with Gasteiger partial charge in [0.2, 0.25) is 0 Å². The van der Waals surface area contributed by atoms with E-state index in [0.717, 1.165) is 0 Å². The lowest BCUT2D eigenvalue weighted by atomic mass is 10.0. The van der Waals surface area contributed by atoms with Crippen molar-refractivity contribution in [3.8, 4) is 0 Å². The molecule has 10 heteroatoms. The van der Waals surface area contributed by atoms with Gasteiger partial charge in [-0.05, 0) is 13.8 Å². The average Bonchev–Trinajstić information content (AvgIpc) is 2.71. The number of aromatic amines is 1. The molecule has 21 heavy (non-hydrogen) atoms. The third kappa shape index (κ3) is 3.12. The van der Waals surface area contributed by atoms with Crippen LogP contribution >= 0.6 is 8.25 Å². The molecule has 9 nitrogen and oxygen atoms in total. The standard InChI is InChI=1S/C11H15N2O7P/c1-6-4-13(10(16)12-9(6)15)8-3-7(20-21(17)18)11(2,5-14)19-8/h4,7-8,14H,3,5H2,1-2H3,(H-,12,15,16,17,18)/p+1/t7?,8-,11-/m1/s1. The van der Waals surface area contributed by atoms with Gasteiger partial charge in [-0.15, -0.1) is 9.42 Å². The van der Waals surface area contributed by atoms with Crippen molar-refractivity contribution in [3.63, 3.8) is 0 Å². The minimum absolute atomic E-state index is 0.0874. The van der Waals surface area contributed by atoms with Gasteiger partial charge in [0.1, 0.15) is 11.8 Å². The largest absolute Gasteiger partial charge is 0.695 e. The van der Waals surface area contributed by atoms with E-state index in [4.69, 9.17) is 14.2 Å². The van der Waals surface area contributed by atoms with Gasteiger partial charge < -0.3 is 9.84 Å². The number of rotatable bonds is 4. The molecule has 1 fully saturated rings. The Hall–Kier alpha value is -1.38. The van der Waals surface area contributed by atoms with Gasteiger partial charge in [0.05, 0.1) is 6.61 Å². The summed E-state index contributed by atoms with van der Waals surface area (Å²) >= 11 is 0. The minimum atomic E-state index is -2.87. The maximum Gasteiger partial charge on any atom is 0.695 e. The van der Waals surface area contributed by atoms with Gasteiger partial charge in [-0.1, -0.05) is 0 Å². The molecule has 1 saturated heterocycles. The van der Waals surface area contributed by atoms with Gasteiger partial charge in [0.25, 0.3) is 5.56 Å². The first-order chi connectivity index (χ1) is 9.76. The van der Waals surface area contributed by atoms with E-state index in [1.54, 1.807) is 0 Å². The van der Waals surface area contributed by atoms with Crippen LogP contribution in [0.1, 0.15) is 25.1 Å². The van der Waals surface area contributed by atoms with Crippen LogP contribution in [0.3, 0.4) is 0 Å². The molecule has 2 rings (SSSR count). The molecule has 2 unspecified atom stereocenters. The number of ether oxygens (including phenoxy) is 1. The Morgan fingerprint density at radius 1 is 1.62 bits per heavy atom. The number of hydrogen-bond donors (Lipinski definition) is 3. The molecule has 0 amide bonds. The fraction of sp³-hybridized carbons (Fsp3) is 0.636. The molecule has 2 heterocycles. The van der Waals surface area contributed by atoms with Gasteiger partial charge in [-0.25, -0.2) is 4.79 Å². The summed E-state index contributed by atoms with van der Waals surface area (Å²) < 4.78 is 22.5. The molecule has 0 spiro atoms. The Bertz CT molecular complexity index is 669. The number of H-pyrrole nitrogens is 1. The van der Waals surface area contributed by atoms with Crippen molar-refractivity contribution in [2.75, 3.05) is 6.61 Å². The number of aliphatic hydroxyl groups excluding tert-OH is 1. The Morgan fingerprint density at radius 3 is 2.86 bits per heavy atom. The summed E-state index contributed by atoms with van der Waals surface area (Å²) in [6.45, 7) is 2.60. The van der Waals surface area contributed by atoms with Gasteiger partial charge in [0, 0.05) is 22.7 Å². The fourth-order valence-electron chi connectivity index (χ4n) is 2.24. The summed E-state index contributed by atoms with van der Waals surface area (Å²) in [5, 5.41) is 9.41. The van der Waals surface area contributed by atoms with Crippen molar-refractivity contribution >= 4 is 8.25 Å².